The molecule has 82 valence electrons. The number of hydrogen-bond donors (Lipinski definition) is 1. The molecule has 0 aliphatic rings. The fraction of sp³-hybridized carbons (Fsp3) is 0.462. The summed E-state index contributed by atoms with van der Waals surface area (Å²) < 4.78 is 29.6. The molecule has 0 aliphatic heterocycles. The second-order valence-corrected chi connectivity index (χ2v) is 3.90. The van der Waals surface area contributed by atoms with Crippen molar-refractivity contribution in [2.45, 2.75) is 33.0 Å². The Bertz CT molecular complexity index is 443. The van der Waals surface area contributed by atoms with Gasteiger partial charge in [-0.3, -0.25) is 4.79 Å². The molecular formula is C13H18O2. The molecule has 2 heteroatoms. The van der Waals surface area contributed by atoms with E-state index in [1.807, 2.05) is 0 Å². The zero-order valence-corrected chi connectivity index (χ0v) is 8.95. The Kier molecular flexibility index (Phi) is 2.33. The van der Waals surface area contributed by atoms with E-state index >= 15 is 0 Å². The summed E-state index contributed by atoms with van der Waals surface area (Å²) in [5.74, 6) is -3.48. The summed E-state index contributed by atoms with van der Waals surface area (Å²) in [6.45, 7) is 0.995. The Morgan fingerprint density at radius 1 is 1.47 bits per heavy atom. The van der Waals surface area contributed by atoms with Crippen molar-refractivity contribution in [3.05, 3.63) is 35.4 Å². The summed E-state index contributed by atoms with van der Waals surface area (Å²) in [6.07, 6.45) is 0.527. The van der Waals surface area contributed by atoms with Gasteiger partial charge in [0.05, 0.1) is 5.92 Å². The quantitative estimate of drug-likeness (QED) is 0.829. The number of aliphatic carboxylic acids is 1. The molecule has 1 N–H and O–H groups in total. The van der Waals surface area contributed by atoms with Crippen LogP contribution in [0.25, 0.3) is 0 Å². The highest BCUT2D eigenvalue weighted by Gasteiger charge is 2.12. The van der Waals surface area contributed by atoms with Gasteiger partial charge in [0.1, 0.15) is 0 Å². The molecule has 0 saturated carbocycles. The van der Waals surface area contributed by atoms with Crippen LogP contribution in [0.15, 0.2) is 24.3 Å². The number of benzene rings is 1. The van der Waals surface area contributed by atoms with E-state index in [0.29, 0.717) is 6.42 Å². The molecule has 1 atom stereocenters. The highest BCUT2D eigenvalue weighted by atomic mass is 16.4. The van der Waals surface area contributed by atoms with Crippen molar-refractivity contribution in [3.8, 4) is 0 Å². The van der Waals surface area contributed by atoms with Crippen LogP contribution in [0.3, 0.4) is 0 Å². The molecule has 0 aliphatic carbocycles. The van der Waals surface area contributed by atoms with Gasteiger partial charge in [0, 0.05) is 5.48 Å². The second kappa shape index (κ2) is 4.96. The lowest BCUT2D eigenvalue weighted by atomic mass is 9.97. The molecule has 0 amide bonds. The van der Waals surface area contributed by atoms with E-state index in [1.165, 1.54) is 12.1 Å². The summed E-state index contributed by atoms with van der Waals surface area (Å²) >= 11 is 0. The molecule has 0 saturated heterocycles. The van der Waals surface area contributed by atoms with Crippen LogP contribution in [0, 0.1) is 5.89 Å². The smallest absolute Gasteiger partial charge is 0.310 e. The van der Waals surface area contributed by atoms with Gasteiger partial charge in [-0.05, 0) is 30.3 Å². The standard InChI is InChI=1S/C13H18O2/c1-9(2)8-11-4-6-12(7-5-11)10(3)13(14)15/h4-7,9-10H,8H2,1-3H3,(H,14,15)/i3D3,9D. The van der Waals surface area contributed by atoms with Crippen molar-refractivity contribution in [2.75, 3.05) is 0 Å². The SMILES string of the molecule is [2H]C(C)(C)Cc1ccc(C(C(=O)O)C([2H])([2H])[2H])cc1. The zero-order chi connectivity index (χ0) is 14.8. The molecule has 1 aromatic rings. The molecule has 0 fully saturated rings. The molecule has 1 aromatic carbocycles. The van der Waals surface area contributed by atoms with Crippen molar-refractivity contribution < 1.29 is 15.4 Å². The third kappa shape index (κ3) is 3.39. The highest BCUT2D eigenvalue weighted by molar-refractivity contribution is 5.75. The first-order chi connectivity index (χ1) is 8.50. The first-order valence-corrected chi connectivity index (χ1v) is 4.82. The number of carboxylic acids is 1. The summed E-state index contributed by atoms with van der Waals surface area (Å²) in [5.41, 5.74) is 1.15. The predicted octanol–water partition coefficient (Wildman–Crippen LogP) is 3.07. The normalized spacial score (nSPS) is 18.3. The van der Waals surface area contributed by atoms with E-state index in [0.717, 1.165) is 5.56 Å². The maximum absolute atomic E-state index is 11.1. The highest BCUT2D eigenvalue weighted by Crippen LogP contribution is 2.17. The van der Waals surface area contributed by atoms with Gasteiger partial charge in [0.25, 0.3) is 0 Å². The third-order valence-electron chi connectivity index (χ3n) is 2.12. The van der Waals surface area contributed by atoms with E-state index in [2.05, 4.69) is 0 Å². The third-order valence-corrected chi connectivity index (χ3v) is 2.12. The number of carbonyl (C=O) groups is 1. The van der Waals surface area contributed by atoms with Gasteiger partial charge >= 0.3 is 5.97 Å². The van der Waals surface area contributed by atoms with Gasteiger partial charge in [0.15, 0.2) is 0 Å². The van der Waals surface area contributed by atoms with Gasteiger partial charge in [-0.2, -0.15) is 0 Å². The topological polar surface area (TPSA) is 37.3 Å². The van der Waals surface area contributed by atoms with Crippen LogP contribution in [0.1, 0.15) is 43.2 Å². The molecule has 0 aromatic heterocycles. The molecule has 1 rings (SSSR count). The maximum atomic E-state index is 11.1. The lowest BCUT2D eigenvalue weighted by Gasteiger charge is -2.09. The molecule has 15 heavy (non-hydrogen) atoms. The summed E-state index contributed by atoms with van der Waals surface area (Å²) in [5, 5.41) is 9.03. The largest absolute Gasteiger partial charge is 0.481 e. The average Bonchev–Trinajstić information content (AvgIpc) is 2.15. The first kappa shape index (κ1) is 7.04. The minimum absolute atomic E-state index is 0.263. The minimum atomic E-state index is -2.57. The van der Waals surface area contributed by atoms with Crippen LogP contribution in [-0.4, -0.2) is 11.1 Å². The molecule has 0 heterocycles. The summed E-state index contributed by atoms with van der Waals surface area (Å²) in [7, 11) is 0. The van der Waals surface area contributed by atoms with Gasteiger partial charge in [-0.1, -0.05) is 38.1 Å². The number of rotatable bonds is 4. The van der Waals surface area contributed by atoms with Crippen molar-refractivity contribution >= 4 is 5.97 Å². The second-order valence-electron chi connectivity index (χ2n) is 3.90. The lowest BCUT2D eigenvalue weighted by molar-refractivity contribution is -0.138. The molecular weight excluding hydrogens is 188 g/mol. The van der Waals surface area contributed by atoms with Gasteiger partial charge in [0.2, 0.25) is 0 Å². The average molecular weight is 210 g/mol. The zero-order valence-electron chi connectivity index (χ0n) is 12.9. The van der Waals surface area contributed by atoms with E-state index in [4.69, 9.17) is 10.6 Å². The van der Waals surface area contributed by atoms with E-state index in [9.17, 15) is 4.79 Å². The van der Waals surface area contributed by atoms with Crippen molar-refractivity contribution in [2.24, 2.45) is 5.89 Å². The predicted molar refractivity (Wildman–Crippen MR) is 61.0 cm³/mol. The fourth-order valence-corrected chi connectivity index (χ4v) is 1.38. The Morgan fingerprint density at radius 3 is 2.47 bits per heavy atom. The molecule has 0 spiro atoms. The molecule has 1 unspecified atom stereocenters. The van der Waals surface area contributed by atoms with E-state index in [-0.39, 0.29) is 5.56 Å². The molecule has 0 bridgehead atoms. The van der Waals surface area contributed by atoms with Crippen LogP contribution < -0.4 is 0 Å². The fourth-order valence-electron chi connectivity index (χ4n) is 1.38. The van der Waals surface area contributed by atoms with Crippen LogP contribution in [0.2, 0.25) is 0 Å². The van der Waals surface area contributed by atoms with Crippen LogP contribution in [0.5, 0.6) is 0 Å². The molecule has 2 nitrogen and oxygen atoms in total. The van der Waals surface area contributed by atoms with Crippen molar-refractivity contribution in [1.29, 1.82) is 0 Å². The summed E-state index contributed by atoms with van der Waals surface area (Å²) in [4.78, 5) is 11.1. The van der Waals surface area contributed by atoms with E-state index < -0.39 is 24.6 Å². The van der Waals surface area contributed by atoms with E-state index in [1.54, 1.807) is 26.0 Å². The first-order valence-electron chi connectivity index (χ1n) is 6.82. The van der Waals surface area contributed by atoms with Crippen LogP contribution >= 0.6 is 0 Å². The maximum Gasteiger partial charge on any atom is 0.310 e. The number of carboxylic acid groups (broad SMARTS) is 1. The monoisotopic (exact) mass is 210 g/mol. The van der Waals surface area contributed by atoms with Crippen LogP contribution in [-0.2, 0) is 11.2 Å². The Labute approximate surface area is 96.6 Å². The number of hydrogen-bond acceptors (Lipinski definition) is 1. The Hall–Kier alpha value is -1.31. The Morgan fingerprint density at radius 2 is 2.07 bits per heavy atom. The van der Waals surface area contributed by atoms with Gasteiger partial charge in [-0.15, -0.1) is 0 Å². The van der Waals surface area contributed by atoms with Gasteiger partial charge < -0.3 is 5.11 Å². The minimum Gasteiger partial charge on any atom is -0.481 e. The summed E-state index contributed by atoms with van der Waals surface area (Å²) in [6, 6.07) is 6.42. The van der Waals surface area contributed by atoms with Crippen molar-refractivity contribution in [3.63, 3.8) is 0 Å². The molecule has 0 radical (unpaired) electrons. The Balaban J connectivity index is 3.00. The van der Waals surface area contributed by atoms with Crippen molar-refractivity contribution in [1.82, 2.24) is 0 Å². The van der Waals surface area contributed by atoms with Crippen LogP contribution in [0.4, 0.5) is 0 Å². The lowest BCUT2D eigenvalue weighted by Crippen LogP contribution is -2.07. The van der Waals surface area contributed by atoms with Gasteiger partial charge in [-0.25, -0.2) is 0 Å².